The lowest BCUT2D eigenvalue weighted by Crippen LogP contribution is -2.41. The number of benzene rings is 2. The Kier molecular flexibility index (Phi) is 6.64. The molecule has 5 rings (SSSR count). The molecule has 2 fully saturated rings. The van der Waals surface area contributed by atoms with Crippen LogP contribution in [0.15, 0.2) is 46.3 Å². The van der Waals surface area contributed by atoms with Gasteiger partial charge in [-0.2, -0.15) is 0 Å². The number of aliphatic hydroxyl groups excluding tert-OH is 4. The Bertz CT molecular complexity index is 1220. The van der Waals surface area contributed by atoms with Gasteiger partial charge in [-0.15, -0.1) is 10.2 Å². The van der Waals surface area contributed by atoms with Gasteiger partial charge in [0.25, 0.3) is 0 Å². The molecule has 3 aromatic rings. The summed E-state index contributed by atoms with van der Waals surface area (Å²) in [5.41, 5.74) is 2.18. The molecule has 1 aromatic heterocycles. The van der Waals surface area contributed by atoms with E-state index in [1.165, 1.54) is 23.8 Å². The van der Waals surface area contributed by atoms with Gasteiger partial charge < -0.3 is 29.9 Å². The van der Waals surface area contributed by atoms with Crippen molar-refractivity contribution in [2.45, 2.75) is 54.8 Å². The van der Waals surface area contributed by atoms with Crippen molar-refractivity contribution in [3.63, 3.8) is 0 Å². The molecule has 2 aliphatic rings. The van der Waals surface area contributed by atoms with Gasteiger partial charge in [-0.05, 0) is 51.7 Å². The highest BCUT2D eigenvalue weighted by Crippen LogP contribution is 2.44. The van der Waals surface area contributed by atoms with Crippen LogP contribution in [0.5, 0.6) is 0 Å². The standard InChI is InChI=1S/C22H22BrN3O7S/c23-21-24-25-22(34-9-15(27)32-20(31)18-16(28)17(29)19(30)33-18)26(21)14-8-7-11(10-5-6-10)12-3-1-2-4-13(12)14/h1-4,7-8,10,16-20,28-31H,5-6,9H2. The molecule has 1 aliphatic carbocycles. The number of rotatable bonds is 7. The van der Waals surface area contributed by atoms with Gasteiger partial charge in [0.05, 0.1) is 11.4 Å². The number of fused-ring (bicyclic) bond motifs is 1. The zero-order valence-electron chi connectivity index (χ0n) is 17.7. The minimum Gasteiger partial charge on any atom is -0.432 e. The maximum absolute atomic E-state index is 12.3. The molecule has 0 radical (unpaired) electrons. The van der Waals surface area contributed by atoms with Gasteiger partial charge in [0.2, 0.25) is 11.0 Å². The van der Waals surface area contributed by atoms with Gasteiger partial charge in [0, 0.05) is 5.39 Å². The number of halogens is 1. The predicted molar refractivity (Wildman–Crippen MR) is 124 cm³/mol. The van der Waals surface area contributed by atoms with Gasteiger partial charge >= 0.3 is 5.97 Å². The molecule has 1 aliphatic heterocycles. The molecular formula is C22H22BrN3O7S. The van der Waals surface area contributed by atoms with Crippen LogP contribution in [0.4, 0.5) is 0 Å². The van der Waals surface area contributed by atoms with Crippen molar-refractivity contribution in [2.24, 2.45) is 0 Å². The Balaban J connectivity index is 1.32. The number of nitrogens with zero attached hydrogens (tertiary/aromatic N) is 3. The number of aliphatic hydroxyl groups is 4. The van der Waals surface area contributed by atoms with E-state index >= 15 is 0 Å². The molecule has 1 saturated carbocycles. The van der Waals surface area contributed by atoms with E-state index in [1.54, 1.807) is 4.57 Å². The monoisotopic (exact) mass is 551 g/mol. The largest absolute Gasteiger partial charge is 0.432 e. The molecule has 2 aromatic carbocycles. The topological polar surface area (TPSA) is 147 Å². The van der Waals surface area contributed by atoms with E-state index < -0.39 is 36.9 Å². The van der Waals surface area contributed by atoms with E-state index in [0.717, 1.165) is 22.8 Å². The molecule has 5 unspecified atom stereocenters. The summed E-state index contributed by atoms with van der Waals surface area (Å²) in [4.78, 5) is 12.3. The number of aromatic nitrogens is 3. The highest BCUT2D eigenvalue weighted by molar-refractivity contribution is 9.10. The lowest BCUT2D eigenvalue weighted by atomic mass is 9.99. The summed E-state index contributed by atoms with van der Waals surface area (Å²) in [6.07, 6.45) is -5.84. The number of hydrogen-bond donors (Lipinski definition) is 4. The summed E-state index contributed by atoms with van der Waals surface area (Å²) in [6, 6.07) is 12.3. The van der Waals surface area contributed by atoms with Crippen molar-refractivity contribution in [2.75, 3.05) is 5.75 Å². The third kappa shape index (κ3) is 4.47. The fraction of sp³-hybridized carbons (Fsp3) is 0.409. The third-order valence-electron chi connectivity index (χ3n) is 5.91. The Labute approximate surface area is 206 Å². The van der Waals surface area contributed by atoms with Gasteiger partial charge in [0.15, 0.2) is 17.6 Å². The number of thioether (sulfide) groups is 1. The van der Waals surface area contributed by atoms with Crippen LogP contribution in [-0.4, -0.2) is 77.8 Å². The molecular weight excluding hydrogens is 530 g/mol. The first-order chi connectivity index (χ1) is 16.3. The van der Waals surface area contributed by atoms with Gasteiger partial charge in [-0.25, -0.2) is 0 Å². The van der Waals surface area contributed by atoms with Crippen molar-refractivity contribution in [3.8, 4) is 5.69 Å². The number of hydrogen-bond acceptors (Lipinski definition) is 10. The van der Waals surface area contributed by atoms with Gasteiger partial charge in [-0.1, -0.05) is 42.1 Å². The molecule has 10 nitrogen and oxygen atoms in total. The number of ether oxygens (including phenoxy) is 2. The maximum atomic E-state index is 12.3. The van der Waals surface area contributed by atoms with Crippen LogP contribution in [0.25, 0.3) is 16.5 Å². The average molecular weight is 552 g/mol. The fourth-order valence-corrected chi connectivity index (χ4v) is 5.36. The van der Waals surface area contributed by atoms with E-state index in [-0.39, 0.29) is 5.75 Å². The zero-order chi connectivity index (χ0) is 24.0. The lowest BCUT2D eigenvalue weighted by Gasteiger charge is -2.20. The van der Waals surface area contributed by atoms with Gasteiger partial charge in [-0.3, -0.25) is 9.36 Å². The lowest BCUT2D eigenvalue weighted by molar-refractivity contribution is -0.212. The minimum atomic E-state index is -1.86. The third-order valence-corrected chi connectivity index (χ3v) is 7.33. The second kappa shape index (κ2) is 9.53. The second-order valence-electron chi connectivity index (χ2n) is 8.22. The molecule has 4 N–H and O–H groups in total. The molecule has 2 heterocycles. The van der Waals surface area contributed by atoms with Crippen LogP contribution in [0.2, 0.25) is 0 Å². The van der Waals surface area contributed by atoms with Gasteiger partial charge in [0.1, 0.15) is 12.2 Å². The van der Waals surface area contributed by atoms with Crippen LogP contribution < -0.4 is 0 Å². The summed E-state index contributed by atoms with van der Waals surface area (Å²) in [7, 11) is 0. The maximum Gasteiger partial charge on any atom is 0.318 e. The summed E-state index contributed by atoms with van der Waals surface area (Å²) in [5.74, 6) is -0.430. The van der Waals surface area contributed by atoms with E-state index in [4.69, 9.17) is 9.47 Å². The quantitative estimate of drug-likeness (QED) is 0.193. The summed E-state index contributed by atoms with van der Waals surface area (Å²) < 4.78 is 12.0. The summed E-state index contributed by atoms with van der Waals surface area (Å²) in [5, 5.41) is 49.7. The molecule has 12 heteroatoms. The first-order valence-electron chi connectivity index (χ1n) is 10.7. The van der Waals surface area contributed by atoms with Crippen molar-refractivity contribution in [3.05, 3.63) is 46.7 Å². The molecule has 180 valence electrons. The smallest absolute Gasteiger partial charge is 0.318 e. The zero-order valence-corrected chi connectivity index (χ0v) is 20.1. The Morgan fingerprint density at radius 3 is 2.56 bits per heavy atom. The first kappa shape index (κ1) is 23.7. The molecule has 1 saturated heterocycles. The van der Waals surface area contributed by atoms with Crippen LogP contribution in [0, 0.1) is 0 Å². The highest BCUT2D eigenvalue weighted by Gasteiger charge is 2.46. The van der Waals surface area contributed by atoms with Crippen molar-refractivity contribution < 1.29 is 34.7 Å². The molecule has 34 heavy (non-hydrogen) atoms. The van der Waals surface area contributed by atoms with Crippen molar-refractivity contribution in [1.29, 1.82) is 0 Å². The number of carbonyl (C=O) groups is 1. The SMILES string of the molecule is O=C(CSc1nnc(Br)n1-c1ccc(C2CC2)c2ccccc12)OC(O)C1OC(O)C(O)C1O. The Hall–Kier alpha value is -2.06. The van der Waals surface area contributed by atoms with E-state index in [1.807, 2.05) is 24.3 Å². The normalized spacial score (nSPS) is 25.6. The van der Waals surface area contributed by atoms with Crippen molar-refractivity contribution >= 4 is 44.4 Å². The van der Waals surface area contributed by atoms with E-state index in [0.29, 0.717) is 15.8 Å². The fourth-order valence-electron chi connectivity index (χ4n) is 4.08. The van der Waals surface area contributed by atoms with Crippen LogP contribution in [-0.2, 0) is 14.3 Å². The first-order valence-corrected chi connectivity index (χ1v) is 12.5. The van der Waals surface area contributed by atoms with Crippen LogP contribution in [0.1, 0.15) is 24.3 Å². The van der Waals surface area contributed by atoms with E-state index in [2.05, 4.69) is 38.3 Å². The molecule has 0 amide bonds. The minimum absolute atomic E-state index is 0.214. The van der Waals surface area contributed by atoms with Crippen LogP contribution in [0.3, 0.4) is 0 Å². The Morgan fingerprint density at radius 1 is 1.15 bits per heavy atom. The Morgan fingerprint density at radius 2 is 1.88 bits per heavy atom. The molecule has 0 spiro atoms. The number of esters is 1. The average Bonchev–Trinajstić information content (AvgIpc) is 3.56. The number of carbonyl (C=O) groups excluding carboxylic acids is 1. The summed E-state index contributed by atoms with van der Waals surface area (Å²) in [6.45, 7) is 0. The highest BCUT2D eigenvalue weighted by atomic mass is 79.9. The van der Waals surface area contributed by atoms with Crippen LogP contribution >= 0.6 is 27.7 Å². The predicted octanol–water partition coefficient (Wildman–Crippen LogP) is 1.45. The second-order valence-corrected chi connectivity index (χ2v) is 9.87. The summed E-state index contributed by atoms with van der Waals surface area (Å²) >= 11 is 4.50. The molecule has 5 atom stereocenters. The van der Waals surface area contributed by atoms with E-state index in [9.17, 15) is 25.2 Å². The van der Waals surface area contributed by atoms with Crippen molar-refractivity contribution in [1.82, 2.24) is 14.8 Å². The molecule has 0 bridgehead atoms.